The molecule has 0 aliphatic rings. The van der Waals surface area contributed by atoms with Crippen molar-refractivity contribution in [3.63, 3.8) is 0 Å². The fourth-order valence-corrected chi connectivity index (χ4v) is 2.93. The number of aromatic hydroxyl groups is 1. The number of rotatable bonds is 12. The van der Waals surface area contributed by atoms with Crippen LogP contribution in [0.25, 0.3) is 0 Å². The molecular formula is C20H37N3O5. The van der Waals surface area contributed by atoms with Crippen molar-refractivity contribution >= 4 is 0 Å². The van der Waals surface area contributed by atoms with Gasteiger partial charge in [0, 0.05) is 6.04 Å². The second kappa shape index (κ2) is 11.7. The van der Waals surface area contributed by atoms with Gasteiger partial charge in [-0.2, -0.15) is 0 Å². The Morgan fingerprint density at radius 2 is 1.36 bits per heavy atom. The van der Waals surface area contributed by atoms with Crippen LogP contribution in [0.3, 0.4) is 0 Å². The number of aliphatic hydroxyl groups is 4. The molecule has 162 valence electrons. The SMILES string of the molecule is CC(C)[C@@H](N[C@@H](O)[C@H](Cc1ccc(O)cc1)N[C@@H](C)O)[C@@H](O)N[C@@H](C)[C@@H](C)O. The Labute approximate surface area is 167 Å². The Morgan fingerprint density at radius 3 is 1.82 bits per heavy atom. The molecule has 1 aromatic carbocycles. The third kappa shape index (κ3) is 8.40. The number of hydrogen-bond acceptors (Lipinski definition) is 8. The van der Waals surface area contributed by atoms with Crippen LogP contribution in [0.2, 0.25) is 0 Å². The molecule has 0 aromatic heterocycles. The maximum Gasteiger partial charge on any atom is 0.121 e. The van der Waals surface area contributed by atoms with Crippen LogP contribution in [0.15, 0.2) is 24.3 Å². The second-order valence-corrected chi connectivity index (χ2v) is 7.84. The number of benzene rings is 1. The summed E-state index contributed by atoms with van der Waals surface area (Å²) in [5, 5.41) is 59.0. The lowest BCUT2D eigenvalue weighted by Gasteiger charge is -2.35. The summed E-state index contributed by atoms with van der Waals surface area (Å²) in [5.41, 5.74) is 0.874. The first-order chi connectivity index (χ1) is 13.0. The zero-order chi connectivity index (χ0) is 21.4. The van der Waals surface area contributed by atoms with E-state index in [1.165, 1.54) is 0 Å². The summed E-state index contributed by atoms with van der Waals surface area (Å²) in [7, 11) is 0. The van der Waals surface area contributed by atoms with Gasteiger partial charge in [0.25, 0.3) is 0 Å². The number of hydrogen-bond donors (Lipinski definition) is 8. The summed E-state index contributed by atoms with van der Waals surface area (Å²) in [6.45, 7) is 8.80. The summed E-state index contributed by atoms with van der Waals surface area (Å²) in [6, 6.07) is 5.28. The van der Waals surface area contributed by atoms with Gasteiger partial charge in [-0.05, 0) is 50.8 Å². The van der Waals surface area contributed by atoms with Gasteiger partial charge < -0.3 is 25.5 Å². The van der Waals surface area contributed by atoms with E-state index in [1.54, 1.807) is 45.0 Å². The van der Waals surface area contributed by atoms with E-state index >= 15 is 0 Å². The minimum atomic E-state index is -1.06. The molecule has 0 unspecified atom stereocenters. The fourth-order valence-electron chi connectivity index (χ4n) is 2.93. The van der Waals surface area contributed by atoms with Gasteiger partial charge in [-0.15, -0.1) is 0 Å². The van der Waals surface area contributed by atoms with Gasteiger partial charge in [-0.3, -0.25) is 16.0 Å². The molecule has 8 heteroatoms. The molecule has 8 N–H and O–H groups in total. The van der Waals surface area contributed by atoms with Crippen LogP contribution < -0.4 is 16.0 Å². The van der Waals surface area contributed by atoms with Gasteiger partial charge in [-0.25, -0.2) is 0 Å². The maximum absolute atomic E-state index is 10.8. The van der Waals surface area contributed by atoms with E-state index in [2.05, 4.69) is 16.0 Å². The molecule has 0 radical (unpaired) electrons. The number of phenols is 1. The molecule has 0 fully saturated rings. The van der Waals surface area contributed by atoms with E-state index in [0.717, 1.165) is 5.56 Å². The zero-order valence-corrected chi connectivity index (χ0v) is 17.4. The van der Waals surface area contributed by atoms with E-state index in [9.17, 15) is 25.5 Å². The highest BCUT2D eigenvalue weighted by atomic mass is 16.3. The maximum atomic E-state index is 10.8. The highest BCUT2D eigenvalue weighted by molar-refractivity contribution is 5.26. The average molecular weight is 400 g/mol. The van der Waals surface area contributed by atoms with Crippen molar-refractivity contribution in [1.29, 1.82) is 0 Å². The molecule has 0 spiro atoms. The van der Waals surface area contributed by atoms with Crippen LogP contribution in [0, 0.1) is 5.92 Å². The average Bonchev–Trinajstić information content (AvgIpc) is 2.59. The zero-order valence-electron chi connectivity index (χ0n) is 17.4. The Hall–Kier alpha value is -1.26. The minimum absolute atomic E-state index is 0.0146. The van der Waals surface area contributed by atoms with Gasteiger partial charge >= 0.3 is 0 Å². The van der Waals surface area contributed by atoms with Crippen molar-refractivity contribution in [3.05, 3.63) is 29.8 Å². The monoisotopic (exact) mass is 399 g/mol. The largest absolute Gasteiger partial charge is 0.508 e. The summed E-state index contributed by atoms with van der Waals surface area (Å²) < 4.78 is 0. The molecule has 7 atom stereocenters. The van der Waals surface area contributed by atoms with E-state index < -0.39 is 36.9 Å². The molecule has 0 saturated carbocycles. The van der Waals surface area contributed by atoms with E-state index in [1.807, 2.05) is 13.8 Å². The van der Waals surface area contributed by atoms with Crippen molar-refractivity contribution < 1.29 is 25.5 Å². The van der Waals surface area contributed by atoms with Crippen LogP contribution in [0.1, 0.15) is 40.2 Å². The number of phenolic OH excluding ortho intramolecular Hbond substituents is 1. The molecular weight excluding hydrogens is 362 g/mol. The summed E-state index contributed by atoms with van der Waals surface area (Å²) >= 11 is 0. The molecule has 0 aliphatic carbocycles. The van der Waals surface area contributed by atoms with Crippen molar-refractivity contribution in [2.24, 2.45) is 5.92 Å². The molecule has 0 saturated heterocycles. The lowest BCUT2D eigenvalue weighted by Crippen LogP contribution is -2.61. The van der Waals surface area contributed by atoms with Crippen molar-refractivity contribution in [3.8, 4) is 5.75 Å². The number of nitrogens with one attached hydrogen (secondary N) is 3. The molecule has 0 aliphatic heterocycles. The lowest BCUT2D eigenvalue weighted by atomic mass is 9.99. The van der Waals surface area contributed by atoms with E-state index in [4.69, 9.17) is 0 Å². The highest BCUT2D eigenvalue weighted by Gasteiger charge is 2.30. The molecule has 0 bridgehead atoms. The van der Waals surface area contributed by atoms with E-state index in [-0.39, 0.29) is 17.7 Å². The van der Waals surface area contributed by atoms with Crippen LogP contribution in [0.4, 0.5) is 0 Å². The van der Waals surface area contributed by atoms with Crippen LogP contribution in [-0.4, -0.2) is 68.4 Å². The summed E-state index contributed by atoms with van der Waals surface area (Å²) in [6.07, 6.45) is -3.12. The van der Waals surface area contributed by atoms with E-state index in [0.29, 0.717) is 6.42 Å². The van der Waals surface area contributed by atoms with Crippen molar-refractivity contribution in [1.82, 2.24) is 16.0 Å². The molecule has 8 nitrogen and oxygen atoms in total. The van der Waals surface area contributed by atoms with Gasteiger partial charge in [0.15, 0.2) is 0 Å². The molecule has 0 amide bonds. The first-order valence-corrected chi connectivity index (χ1v) is 9.79. The van der Waals surface area contributed by atoms with Crippen LogP contribution in [0.5, 0.6) is 5.75 Å². The quantitative estimate of drug-likeness (QED) is 0.227. The first-order valence-electron chi connectivity index (χ1n) is 9.79. The predicted octanol–water partition coefficient (Wildman–Crippen LogP) is -0.159. The fraction of sp³-hybridized carbons (Fsp3) is 0.700. The molecule has 1 aromatic rings. The summed E-state index contributed by atoms with van der Waals surface area (Å²) in [5.74, 6) is 0.142. The van der Waals surface area contributed by atoms with Crippen LogP contribution >= 0.6 is 0 Å². The van der Waals surface area contributed by atoms with Crippen molar-refractivity contribution in [2.45, 2.75) is 84.0 Å². The summed E-state index contributed by atoms with van der Waals surface area (Å²) in [4.78, 5) is 0. The minimum Gasteiger partial charge on any atom is -0.508 e. The van der Waals surface area contributed by atoms with Crippen LogP contribution in [-0.2, 0) is 6.42 Å². The topological polar surface area (TPSA) is 137 Å². The highest BCUT2D eigenvalue weighted by Crippen LogP contribution is 2.14. The third-order valence-electron chi connectivity index (χ3n) is 4.81. The number of aliphatic hydroxyl groups excluding tert-OH is 4. The van der Waals surface area contributed by atoms with Gasteiger partial charge in [0.1, 0.15) is 24.4 Å². The van der Waals surface area contributed by atoms with Gasteiger partial charge in [0.2, 0.25) is 0 Å². The Bertz CT molecular complexity index is 553. The Kier molecular flexibility index (Phi) is 10.3. The predicted molar refractivity (Wildman–Crippen MR) is 108 cm³/mol. The molecule has 0 heterocycles. The molecule has 28 heavy (non-hydrogen) atoms. The second-order valence-electron chi connectivity index (χ2n) is 7.84. The van der Waals surface area contributed by atoms with Crippen molar-refractivity contribution in [2.75, 3.05) is 0 Å². The normalized spacial score (nSPS) is 19.6. The van der Waals surface area contributed by atoms with Gasteiger partial charge in [0.05, 0.1) is 18.2 Å². The Morgan fingerprint density at radius 1 is 0.786 bits per heavy atom. The smallest absolute Gasteiger partial charge is 0.121 e. The molecule has 1 rings (SSSR count). The first kappa shape index (κ1) is 24.8. The standard InChI is InChI=1S/C20H37N3O5/c1-11(2)18(20(28)21-12(3)13(4)24)23-19(27)17(22-14(5)25)10-15-6-8-16(26)9-7-15/h6-9,11-14,17-28H,10H2,1-5H3/t12-,13+,14+,17-,18+,19-,20+/m0/s1. The third-order valence-corrected chi connectivity index (χ3v) is 4.81. The van der Waals surface area contributed by atoms with Gasteiger partial charge in [-0.1, -0.05) is 26.0 Å². The Balaban J connectivity index is 2.86. The lowest BCUT2D eigenvalue weighted by molar-refractivity contribution is -0.00564.